The second-order valence-corrected chi connectivity index (χ2v) is 19.5. The summed E-state index contributed by atoms with van der Waals surface area (Å²) >= 11 is 7.87. The number of hydrazine groups is 1. The number of carbonyl (C=O) groups is 3. The number of halogens is 3. The number of piperidine rings is 1. The Morgan fingerprint density at radius 2 is 1.41 bits per heavy atom. The topological polar surface area (TPSA) is 99.2 Å². The van der Waals surface area contributed by atoms with Gasteiger partial charge in [-0.1, -0.05) is 67.8 Å². The molecule has 0 N–H and O–H groups in total. The average molecular weight is 984 g/mol. The molecule has 4 amide bonds. The quantitative estimate of drug-likeness (QED) is 0.0759. The van der Waals surface area contributed by atoms with Gasteiger partial charge in [0, 0.05) is 99.9 Å². The van der Waals surface area contributed by atoms with Gasteiger partial charge in [-0.15, -0.1) is 24.8 Å². The predicted octanol–water partition coefficient (Wildman–Crippen LogP) is 8.37. The number of piperazine rings is 2. The van der Waals surface area contributed by atoms with Crippen LogP contribution in [-0.4, -0.2) is 156 Å². The van der Waals surface area contributed by atoms with E-state index >= 15 is 4.79 Å². The van der Waals surface area contributed by atoms with E-state index in [0.29, 0.717) is 39.1 Å². The lowest BCUT2D eigenvalue weighted by Crippen LogP contribution is -2.67. The number of hydrogen-bond donors (Lipinski definition) is 0. The molecule has 1 aliphatic carbocycles. The molecule has 3 aromatic carbocycles. The predicted molar refractivity (Wildman–Crippen MR) is 269 cm³/mol. The first-order valence-electron chi connectivity index (χ1n) is 23.7. The molecule has 1 saturated carbocycles. The Morgan fingerprint density at radius 3 is 2.12 bits per heavy atom. The van der Waals surface area contributed by atoms with Crippen LogP contribution in [0.3, 0.4) is 0 Å². The summed E-state index contributed by atoms with van der Waals surface area (Å²) < 4.78 is 12.1. The molecule has 2 atom stereocenters. The Bertz CT molecular complexity index is 2220. The van der Waals surface area contributed by atoms with E-state index in [1.807, 2.05) is 58.4 Å². The molecule has 17 heteroatoms. The number of hydrogen-bond acceptors (Lipinski definition) is 11. The molecule has 5 aliphatic rings. The van der Waals surface area contributed by atoms with Gasteiger partial charge < -0.3 is 19.4 Å². The van der Waals surface area contributed by atoms with Crippen molar-refractivity contribution in [2.24, 2.45) is 5.41 Å². The smallest absolute Gasteiger partial charge is 0.336 e. The Hall–Kier alpha value is -3.89. The van der Waals surface area contributed by atoms with E-state index in [1.54, 1.807) is 16.4 Å². The number of nitrogens with zero attached hydrogens (tertiary/aromatic N) is 9. The molecule has 0 radical (unpaired) electrons. The van der Waals surface area contributed by atoms with Gasteiger partial charge in [0.05, 0.1) is 11.2 Å². The van der Waals surface area contributed by atoms with Gasteiger partial charge in [-0.2, -0.15) is 9.38 Å². The minimum Gasteiger partial charge on any atom is -0.492 e. The van der Waals surface area contributed by atoms with Crippen LogP contribution in [0, 0.1) is 5.41 Å². The standard InChI is InChI=1S/C49H64ClN9O4S.2ClH/c1-2-43-56(34-35-63-40-16-4-3-5-17-40)48(62)58(25-13-23-53-26-30-54(31-27-53)39-15-12-14-38(50)36-39)59(43)45-47(61)57(44(60)37-49(45)20-8-9-21-49)24-11-10-22-52-28-32-55(33-29-52)46-41-18-6-7-19-42(41)64-51-46;;/h3-7,12,14-19,36,43,45H,2,8-11,13,20-35,37H2,1H3;2*1H. The van der Waals surface area contributed by atoms with E-state index in [4.69, 9.17) is 20.7 Å². The molecular weight excluding hydrogens is 917 g/mol. The minimum atomic E-state index is -0.585. The van der Waals surface area contributed by atoms with Gasteiger partial charge in [0.1, 0.15) is 30.4 Å². The Labute approximate surface area is 411 Å². The summed E-state index contributed by atoms with van der Waals surface area (Å²) in [7, 11) is 0. The van der Waals surface area contributed by atoms with Crippen molar-refractivity contribution in [3.05, 3.63) is 83.9 Å². The maximum absolute atomic E-state index is 15.2. The molecule has 1 aromatic heterocycles. The van der Waals surface area contributed by atoms with Crippen LogP contribution in [0.5, 0.6) is 5.75 Å². The lowest BCUT2D eigenvalue weighted by Gasteiger charge is -2.50. The molecule has 358 valence electrons. The number of unbranched alkanes of at least 4 members (excludes halogenated alkanes) is 1. The summed E-state index contributed by atoms with van der Waals surface area (Å²) in [6.45, 7) is 13.0. The van der Waals surface area contributed by atoms with Crippen molar-refractivity contribution in [1.82, 2.24) is 34.0 Å². The number of aromatic nitrogens is 1. The summed E-state index contributed by atoms with van der Waals surface area (Å²) in [6.07, 6.45) is 6.70. The number of likely N-dealkylation sites (tertiary alicyclic amines) is 1. The average Bonchev–Trinajstić information content (AvgIpc) is 4.03. The van der Waals surface area contributed by atoms with Crippen molar-refractivity contribution >= 4 is 87.4 Å². The van der Waals surface area contributed by atoms with Crippen molar-refractivity contribution in [1.29, 1.82) is 0 Å². The van der Waals surface area contributed by atoms with Gasteiger partial charge in [-0.3, -0.25) is 29.3 Å². The number of amides is 4. The number of anilines is 2. The zero-order chi connectivity index (χ0) is 44.0. The van der Waals surface area contributed by atoms with Crippen LogP contribution in [-0.2, 0) is 9.59 Å². The summed E-state index contributed by atoms with van der Waals surface area (Å²) in [6, 6.07) is 25.5. The summed E-state index contributed by atoms with van der Waals surface area (Å²) in [4.78, 5) is 57.3. The third-order valence-electron chi connectivity index (χ3n) is 14.4. The fourth-order valence-corrected chi connectivity index (χ4v) is 12.0. The number of imide groups is 1. The van der Waals surface area contributed by atoms with Crippen molar-refractivity contribution in [3.63, 3.8) is 0 Å². The third kappa shape index (κ3) is 10.9. The molecule has 0 bridgehead atoms. The highest BCUT2D eigenvalue weighted by Crippen LogP contribution is 2.51. The van der Waals surface area contributed by atoms with Crippen molar-refractivity contribution in [2.75, 3.05) is 101 Å². The molecule has 4 aromatic rings. The summed E-state index contributed by atoms with van der Waals surface area (Å²) in [5.74, 6) is 1.67. The zero-order valence-corrected chi connectivity index (χ0v) is 41.4. The zero-order valence-electron chi connectivity index (χ0n) is 38.2. The van der Waals surface area contributed by atoms with Crippen LogP contribution in [0.15, 0.2) is 78.9 Å². The molecule has 5 fully saturated rings. The maximum Gasteiger partial charge on any atom is 0.336 e. The normalized spacial score (nSPS) is 21.8. The highest BCUT2D eigenvalue weighted by molar-refractivity contribution is 7.13. The molecule has 4 aliphatic heterocycles. The number of fused-ring (bicyclic) bond motifs is 1. The number of carbonyl (C=O) groups excluding carboxylic acids is 3. The van der Waals surface area contributed by atoms with Gasteiger partial charge in [-0.25, -0.2) is 4.79 Å². The SMILES string of the molecule is CCC1N(CCOc2ccccc2)C(=O)N(CCCN2CCN(c3cccc(Cl)c3)CC2)N1C1C(=O)N(CCCCN2CCN(c3nsc4ccccc34)CC2)C(=O)CC12CCCC2.Cl.Cl. The maximum atomic E-state index is 15.2. The molecule has 4 saturated heterocycles. The second-order valence-electron chi connectivity index (χ2n) is 18.3. The molecule has 66 heavy (non-hydrogen) atoms. The highest BCUT2D eigenvalue weighted by atomic mass is 35.5. The largest absolute Gasteiger partial charge is 0.492 e. The fourth-order valence-electron chi connectivity index (χ4n) is 11.1. The Balaban J connectivity index is 0.00000324. The van der Waals surface area contributed by atoms with Gasteiger partial charge in [-0.05, 0) is 99.1 Å². The van der Waals surface area contributed by atoms with Crippen molar-refractivity contribution < 1.29 is 19.1 Å². The van der Waals surface area contributed by atoms with E-state index in [0.717, 1.165) is 133 Å². The molecule has 1 spiro atoms. The summed E-state index contributed by atoms with van der Waals surface area (Å²) in [5, 5.41) is 6.02. The number of rotatable bonds is 17. The van der Waals surface area contributed by atoms with Crippen LogP contribution >= 0.6 is 47.9 Å². The van der Waals surface area contributed by atoms with E-state index in [-0.39, 0.29) is 48.8 Å². The molecule has 5 heterocycles. The molecular formula is C49H66Cl3N9O4S. The number of ether oxygens (including phenoxy) is 1. The van der Waals surface area contributed by atoms with E-state index < -0.39 is 11.5 Å². The van der Waals surface area contributed by atoms with Crippen LogP contribution < -0.4 is 14.5 Å². The van der Waals surface area contributed by atoms with Gasteiger partial charge in [0.15, 0.2) is 0 Å². The lowest BCUT2D eigenvalue weighted by atomic mass is 9.71. The third-order valence-corrected chi connectivity index (χ3v) is 15.4. The second kappa shape index (κ2) is 22.9. The lowest BCUT2D eigenvalue weighted by molar-refractivity contribution is -0.174. The molecule has 9 rings (SSSR count). The number of para-hydroxylation sites is 1. The fraction of sp³-hybridized carbons (Fsp3) is 0.551. The molecule has 2 unspecified atom stereocenters. The van der Waals surface area contributed by atoms with Crippen molar-refractivity contribution in [3.8, 4) is 5.75 Å². The van der Waals surface area contributed by atoms with Crippen LogP contribution in [0.25, 0.3) is 10.1 Å². The first-order chi connectivity index (χ1) is 31.3. The van der Waals surface area contributed by atoms with Gasteiger partial charge >= 0.3 is 6.03 Å². The van der Waals surface area contributed by atoms with E-state index in [9.17, 15) is 9.59 Å². The Morgan fingerprint density at radius 1 is 0.742 bits per heavy atom. The van der Waals surface area contributed by atoms with E-state index in [2.05, 4.69) is 61.9 Å². The highest BCUT2D eigenvalue weighted by Gasteiger charge is 2.60. The number of benzene rings is 3. The van der Waals surface area contributed by atoms with Crippen LogP contribution in [0.1, 0.15) is 64.7 Å². The first kappa shape index (κ1) is 50.0. The van der Waals surface area contributed by atoms with Crippen molar-refractivity contribution in [2.45, 2.75) is 76.9 Å². The monoisotopic (exact) mass is 981 g/mol. The van der Waals surface area contributed by atoms with E-state index in [1.165, 1.54) is 10.1 Å². The minimum absolute atomic E-state index is 0. The molecule has 13 nitrogen and oxygen atoms in total. The Kier molecular flexibility index (Phi) is 17.4. The van der Waals surface area contributed by atoms with Crippen LogP contribution in [0.2, 0.25) is 5.02 Å². The van der Waals surface area contributed by atoms with Gasteiger partial charge in [0.25, 0.3) is 0 Å². The first-order valence-corrected chi connectivity index (χ1v) is 24.9. The number of urea groups is 1. The van der Waals surface area contributed by atoms with Gasteiger partial charge in [0.2, 0.25) is 11.8 Å². The van der Waals surface area contributed by atoms with Crippen LogP contribution in [0.4, 0.5) is 16.3 Å². The summed E-state index contributed by atoms with van der Waals surface area (Å²) in [5.41, 5.74) is 0.653.